The third-order valence-electron chi connectivity index (χ3n) is 3.70. The van der Waals surface area contributed by atoms with E-state index in [0.717, 1.165) is 24.3 Å². The van der Waals surface area contributed by atoms with Gasteiger partial charge in [0, 0.05) is 5.56 Å². The number of benzene rings is 2. The molecule has 140 valence electrons. The van der Waals surface area contributed by atoms with Gasteiger partial charge in [0.2, 0.25) is 5.60 Å². The van der Waals surface area contributed by atoms with E-state index in [0.29, 0.717) is 12.1 Å². The van der Waals surface area contributed by atoms with Crippen molar-refractivity contribution in [3.05, 3.63) is 71.3 Å². The van der Waals surface area contributed by atoms with E-state index in [2.05, 4.69) is 0 Å². The van der Waals surface area contributed by atoms with Crippen LogP contribution in [0.5, 0.6) is 0 Å². The predicted octanol–water partition coefficient (Wildman–Crippen LogP) is 3.89. The number of rotatable bonds is 4. The van der Waals surface area contributed by atoms with Gasteiger partial charge >= 0.3 is 12.4 Å². The van der Waals surface area contributed by atoms with Gasteiger partial charge in [-0.3, -0.25) is 4.79 Å². The monoisotopic (exact) mass is 377 g/mol. The molecule has 2 aromatic rings. The largest absolute Gasteiger partial charge is 0.423 e. The Bertz CT molecular complexity index is 756. The number of hydrogen-bond acceptors (Lipinski definition) is 2. The smallest absolute Gasteiger partial charge is 0.375 e. The summed E-state index contributed by atoms with van der Waals surface area (Å²) < 4.78 is 77.4. The zero-order chi connectivity index (χ0) is 19.6. The summed E-state index contributed by atoms with van der Waals surface area (Å²) in [5.41, 5.74) is -5.07. The fourth-order valence-electron chi connectivity index (χ4n) is 2.20. The number of halogens is 6. The zero-order valence-electron chi connectivity index (χ0n) is 13.0. The van der Waals surface area contributed by atoms with Crippen LogP contribution >= 0.6 is 0 Å². The van der Waals surface area contributed by atoms with Gasteiger partial charge in [0.15, 0.2) is 0 Å². The number of amides is 1. The summed E-state index contributed by atoms with van der Waals surface area (Å²) in [5.74, 6) is -1.04. The summed E-state index contributed by atoms with van der Waals surface area (Å²) >= 11 is 0. The van der Waals surface area contributed by atoms with Crippen molar-refractivity contribution in [2.45, 2.75) is 18.0 Å². The number of alkyl halides is 6. The number of nitrogens with one attached hydrogen (secondary N) is 1. The molecule has 1 atom stereocenters. The number of hydrogen-bond donors (Lipinski definition) is 2. The van der Waals surface area contributed by atoms with Gasteiger partial charge in [0.1, 0.15) is 0 Å². The number of carbonyl (C=O) groups excluding carboxylic acids is 1. The highest BCUT2D eigenvalue weighted by Crippen LogP contribution is 2.38. The second-order valence-electron chi connectivity index (χ2n) is 5.48. The van der Waals surface area contributed by atoms with Gasteiger partial charge in [-0.05, 0) is 29.8 Å². The second-order valence-corrected chi connectivity index (χ2v) is 5.48. The topological polar surface area (TPSA) is 49.3 Å². The minimum absolute atomic E-state index is 0.268. The Kier molecular flexibility index (Phi) is 5.31. The Morgan fingerprint density at radius 3 is 1.85 bits per heavy atom. The van der Waals surface area contributed by atoms with E-state index in [1.165, 1.54) is 18.2 Å². The Balaban J connectivity index is 2.18. The third kappa shape index (κ3) is 4.16. The van der Waals surface area contributed by atoms with Crippen molar-refractivity contribution in [2.75, 3.05) is 6.54 Å². The van der Waals surface area contributed by atoms with Crippen LogP contribution in [0.2, 0.25) is 0 Å². The van der Waals surface area contributed by atoms with Crippen LogP contribution in [0.15, 0.2) is 54.6 Å². The molecular formula is C17H13F6NO2. The van der Waals surface area contributed by atoms with Crippen molar-refractivity contribution in [3.8, 4) is 0 Å². The molecule has 2 aromatic carbocycles. The lowest BCUT2D eigenvalue weighted by molar-refractivity contribution is -0.263. The van der Waals surface area contributed by atoms with Gasteiger partial charge in [0.25, 0.3) is 5.91 Å². The van der Waals surface area contributed by atoms with Crippen LogP contribution in [0.1, 0.15) is 21.5 Å². The molecule has 0 bridgehead atoms. The first-order valence-electron chi connectivity index (χ1n) is 7.25. The Labute approximate surface area is 144 Å². The van der Waals surface area contributed by atoms with Crippen molar-refractivity contribution in [2.24, 2.45) is 0 Å². The first-order valence-corrected chi connectivity index (χ1v) is 7.25. The van der Waals surface area contributed by atoms with Crippen molar-refractivity contribution < 1.29 is 36.2 Å². The second kappa shape index (κ2) is 6.99. The summed E-state index contributed by atoms with van der Waals surface area (Å²) in [4.78, 5) is 11.9. The zero-order valence-corrected chi connectivity index (χ0v) is 13.0. The van der Waals surface area contributed by atoms with Gasteiger partial charge < -0.3 is 10.4 Å². The molecule has 0 heterocycles. The molecule has 0 aliphatic heterocycles. The maximum atomic E-state index is 13.3. The molecule has 0 saturated carbocycles. The standard InChI is InChI=1S/C17H13F6NO2/c18-16(19,20)13-8-6-11(7-9-13)14(25)24-10-15(26,17(21,22)23)12-4-2-1-3-5-12/h1-9,26H,10H2,(H,24,25). The molecule has 0 radical (unpaired) electrons. The Morgan fingerprint density at radius 2 is 1.38 bits per heavy atom. The van der Waals surface area contributed by atoms with Crippen LogP contribution in [0.4, 0.5) is 26.3 Å². The molecule has 26 heavy (non-hydrogen) atoms. The molecule has 0 aliphatic rings. The summed E-state index contributed by atoms with van der Waals surface area (Å²) in [5, 5.41) is 12.0. The molecule has 9 heteroatoms. The van der Waals surface area contributed by atoms with E-state index < -0.39 is 41.5 Å². The number of carbonyl (C=O) groups is 1. The maximum Gasteiger partial charge on any atom is 0.423 e. The minimum atomic E-state index is -5.08. The summed E-state index contributed by atoms with van der Waals surface area (Å²) in [7, 11) is 0. The normalized spacial score (nSPS) is 14.6. The molecule has 3 nitrogen and oxygen atoms in total. The number of aliphatic hydroxyl groups is 1. The van der Waals surface area contributed by atoms with Gasteiger partial charge in [-0.1, -0.05) is 30.3 Å². The van der Waals surface area contributed by atoms with E-state index >= 15 is 0 Å². The molecule has 0 aliphatic carbocycles. The summed E-state index contributed by atoms with van der Waals surface area (Å²) in [6.45, 7) is -1.19. The first-order chi connectivity index (χ1) is 11.9. The van der Waals surface area contributed by atoms with E-state index in [1.807, 2.05) is 5.32 Å². The molecule has 0 spiro atoms. The molecule has 0 fully saturated rings. The van der Waals surface area contributed by atoms with Gasteiger partial charge in [-0.2, -0.15) is 26.3 Å². The third-order valence-corrected chi connectivity index (χ3v) is 3.70. The van der Waals surface area contributed by atoms with Crippen LogP contribution < -0.4 is 5.32 Å². The maximum absolute atomic E-state index is 13.3. The molecule has 2 N–H and O–H groups in total. The van der Waals surface area contributed by atoms with Gasteiger partial charge in [-0.25, -0.2) is 0 Å². The van der Waals surface area contributed by atoms with E-state index in [-0.39, 0.29) is 5.56 Å². The molecule has 2 rings (SSSR count). The van der Waals surface area contributed by atoms with Crippen molar-refractivity contribution >= 4 is 5.91 Å². The lowest BCUT2D eigenvalue weighted by Gasteiger charge is -2.31. The van der Waals surface area contributed by atoms with E-state index in [1.54, 1.807) is 0 Å². The fraction of sp³-hybridized carbons (Fsp3) is 0.235. The van der Waals surface area contributed by atoms with Gasteiger partial charge in [0.05, 0.1) is 12.1 Å². The molecular weight excluding hydrogens is 364 g/mol. The Hall–Kier alpha value is -2.55. The van der Waals surface area contributed by atoms with Crippen LogP contribution in [0.3, 0.4) is 0 Å². The molecule has 1 unspecified atom stereocenters. The quantitative estimate of drug-likeness (QED) is 0.795. The minimum Gasteiger partial charge on any atom is -0.375 e. The van der Waals surface area contributed by atoms with Crippen LogP contribution in [-0.2, 0) is 11.8 Å². The van der Waals surface area contributed by atoms with Crippen molar-refractivity contribution in [3.63, 3.8) is 0 Å². The average Bonchev–Trinajstić information content (AvgIpc) is 2.58. The summed E-state index contributed by atoms with van der Waals surface area (Å²) in [6, 6.07) is 9.12. The van der Waals surface area contributed by atoms with Gasteiger partial charge in [-0.15, -0.1) is 0 Å². The van der Waals surface area contributed by atoms with Crippen molar-refractivity contribution in [1.82, 2.24) is 5.32 Å². The highest BCUT2D eigenvalue weighted by Gasteiger charge is 2.55. The summed E-state index contributed by atoms with van der Waals surface area (Å²) in [6.07, 6.45) is -9.68. The lowest BCUT2D eigenvalue weighted by Crippen LogP contribution is -2.51. The molecule has 0 saturated heterocycles. The Morgan fingerprint density at radius 1 is 0.846 bits per heavy atom. The van der Waals surface area contributed by atoms with Crippen LogP contribution in [0, 0.1) is 0 Å². The van der Waals surface area contributed by atoms with Crippen LogP contribution in [0.25, 0.3) is 0 Å². The predicted molar refractivity (Wildman–Crippen MR) is 80.2 cm³/mol. The van der Waals surface area contributed by atoms with Crippen LogP contribution in [-0.4, -0.2) is 23.7 Å². The van der Waals surface area contributed by atoms with Crippen molar-refractivity contribution in [1.29, 1.82) is 0 Å². The lowest BCUT2D eigenvalue weighted by atomic mass is 9.93. The fourth-order valence-corrected chi connectivity index (χ4v) is 2.20. The highest BCUT2D eigenvalue weighted by atomic mass is 19.4. The molecule has 0 aromatic heterocycles. The highest BCUT2D eigenvalue weighted by molar-refractivity contribution is 5.94. The SMILES string of the molecule is O=C(NCC(O)(c1ccccc1)C(F)(F)F)c1ccc(C(F)(F)F)cc1. The first kappa shape index (κ1) is 19.8. The average molecular weight is 377 g/mol. The van der Waals surface area contributed by atoms with E-state index in [9.17, 15) is 36.2 Å². The molecule has 1 amide bonds. The van der Waals surface area contributed by atoms with E-state index in [4.69, 9.17) is 0 Å².